The predicted molar refractivity (Wildman–Crippen MR) is 72.0 cm³/mol. The molecule has 1 aromatic rings. The summed E-state index contributed by atoms with van der Waals surface area (Å²) in [5.41, 5.74) is 2.15. The van der Waals surface area contributed by atoms with Gasteiger partial charge in [0.15, 0.2) is 0 Å². The number of fused-ring (bicyclic) bond motifs is 2. The minimum Gasteiger partial charge on any atom is -0.481 e. The van der Waals surface area contributed by atoms with Gasteiger partial charge in [-0.2, -0.15) is 5.10 Å². The molecular weight excluding hydrogens is 258 g/mol. The van der Waals surface area contributed by atoms with Crippen LogP contribution in [-0.4, -0.2) is 27.2 Å². The number of carboxylic acids is 1. The van der Waals surface area contributed by atoms with Crippen molar-refractivity contribution >= 4 is 17.6 Å². The first-order chi connectivity index (χ1) is 9.49. The Balaban J connectivity index is 1.84. The molecule has 106 valence electrons. The van der Waals surface area contributed by atoms with Gasteiger partial charge in [-0.05, 0) is 32.1 Å². The van der Waals surface area contributed by atoms with Crippen LogP contribution in [0, 0.1) is 37.5 Å². The molecule has 0 saturated heterocycles. The highest BCUT2D eigenvalue weighted by Crippen LogP contribution is 2.48. The molecule has 2 bridgehead atoms. The second-order valence-electron chi connectivity index (χ2n) is 5.64. The first-order valence-corrected chi connectivity index (χ1v) is 6.72. The SMILES string of the molecule is Cc1n[nH]c(C)c1NC(=O)[C@H]1C2C=CC(C2)[C@H]1C(=O)O. The van der Waals surface area contributed by atoms with Crippen LogP contribution in [0.3, 0.4) is 0 Å². The number of carbonyl (C=O) groups excluding carboxylic acids is 1. The first-order valence-electron chi connectivity index (χ1n) is 6.72. The summed E-state index contributed by atoms with van der Waals surface area (Å²) < 4.78 is 0. The van der Waals surface area contributed by atoms with Crippen LogP contribution in [0.2, 0.25) is 0 Å². The Bertz CT molecular complexity index is 585. The van der Waals surface area contributed by atoms with Gasteiger partial charge in [0, 0.05) is 0 Å². The van der Waals surface area contributed by atoms with E-state index in [9.17, 15) is 14.7 Å². The average molecular weight is 275 g/mol. The van der Waals surface area contributed by atoms with E-state index in [2.05, 4.69) is 15.5 Å². The number of hydrogen-bond donors (Lipinski definition) is 3. The summed E-state index contributed by atoms with van der Waals surface area (Å²) in [6, 6.07) is 0. The van der Waals surface area contributed by atoms with Crippen molar-refractivity contribution in [3.63, 3.8) is 0 Å². The molecule has 3 N–H and O–H groups in total. The van der Waals surface area contributed by atoms with Crippen molar-refractivity contribution in [2.45, 2.75) is 20.3 Å². The number of rotatable bonds is 3. The number of carboxylic acid groups (broad SMARTS) is 1. The van der Waals surface area contributed by atoms with Crippen LogP contribution in [0.25, 0.3) is 0 Å². The molecular formula is C14H17N3O3. The van der Waals surface area contributed by atoms with Crippen molar-refractivity contribution in [2.75, 3.05) is 5.32 Å². The van der Waals surface area contributed by atoms with Crippen LogP contribution >= 0.6 is 0 Å². The molecule has 2 aliphatic rings. The highest BCUT2D eigenvalue weighted by Gasteiger charge is 2.51. The van der Waals surface area contributed by atoms with Crippen LogP contribution < -0.4 is 5.32 Å². The number of H-pyrrole nitrogens is 1. The van der Waals surface area contributed by atoms with Crippen molar-refractivity contribution in [2.24, 2.45) is 23.7 Å². The Hall–Kier alpha value is -2.11. The van der Waals surface area contributed by atoms with Gasteiger partial charge < -0.3 is 10.4 Å². The Labute approximate surface area is 116 Å². The summed E-state index contributed by atoms with van der Waals surface area (Å²) >= 11 is 0. The van der Waals surface area contributed by atoms with Crippen molar-refractivity contribution in [3.8, 4) is 0 Å². The lowest BCUT2D eigenvalue weighted by Gasteiger charge is -2.23. The number of carbonyl (C=O) groups is 2. The fraction of sp³-hybridized carbons (Fsp3) is 0.500. The standard InChI is InChI=1S/C14H17N3O3/c1-6-12(7(2)17-16-6)15-13(18)10-8-3-4-9(5-8)11(10)14(19)20/h3-4,8-11H,5H2,1-2H3,(H,15,18)(H,16,17)(H,19,20)/t8?,9?,10-,11+/m0/s1. The number of amides is 1. The van der Waals surface area contributed by atoms with Gasteiger partial charge in [-0.15, -0.1) is 0 Å². The van der Waals surface area contributed by atoms with E-state index in [0.717, 1.165) is 12.1 Å². The molecule has 6 heteroatoms. The molecule has 2 unspecified atom stereocenters. The van der Waals surface area contributed by atoms with E-state index >= 15 is 0 Å². The van der Waals surface area contributed by atoms with Crippen molar-refractivity contribution in [1.82, 2.24) is 10.2 Å². The van der Waals surface area contributed by atoms with Crippen LogP contribution in [0.4, 0.5) is 5.69 Å². The number of hydrogen-bond acceptors (Lipinski definition) is 3. The van der Waals surface area contributed by atoms with Crippen LogP contribution in [0.15, 0.2) is 12.2 Å². The number of aryl methyl sites for hydroxylation is 2. The maximum absolute atomic E-state index is 12.5. The number of nitrogens with one attached hydrogen (secondary N) is 2. The molecule has 20 heavy (non-hydrogen) atoms. The maximum atomic E-state index is 12.5. The zero-order valence-corrected chi connectivity index (χ0v) is 11.4. The van der Waals surface area contributed by atoms with Crippen LogP contribution in [0.5, 0.6) is 0 Å². The van der Waals surface area contributed by atoms with Gasteiger partial charge in [-0.3, -0.25) is 14.7 Å². The Morgan fingerprint density at radius 3 is 2.50 bits per heavy atom. The molecule has 2 aliphatic carbocycles. The summed E-state index contributed by atoms with van der Waals surface area (Å²) in [5.74, 6) is -2.19. The fourth-order valence-electron chi connectivity index (χ4n) is 3.46. The van der Waals surface area contributed by atoms with E-state index in [1.54, 1.807) is 6.92 Å². The summed E-state index contributed by atoms with van der Waals surface area (Å²) in [7, 11) is 0. The van der Waals surface area contributed by atoms with E-state index in [0.29, 0.717) is 11.4 Å². The largest absolute Gasteiger partial charge is 0.481 e. The van der Waals surface area contributed by atoms with Crippen molar-refractivity contribution < 1.29 is 14.7 Å². The van der Waals surface area contributed by atoms with E-state index in [-0.39, 0.29) is 17.7 Å². The zero-order valence-electron chi connectivity index (χ0n) is 11.4. The third-order valence-corrected chi connectivity index (χ3v) is 4.42. The molecule has 3 rings (SSSR count). The summed E-state index contributed by atoms with van der Waals surface area (Å²) in [5, 5.41) is 19.0. The lowest BCUT2D eigenvalue weighted by Crippen LogP contribution is -2.36. The molecule has 6 nitrogen and oxygen atoms in total. The van der Waals surface area contributed by atoms with Gasteiger partial charge in [0.05, 0.1) is 28.9 Å². The second kappa shape index (κ2) is 4.47. The van der Waals surface area contributed by atoms with Crippen molar-refractivity contribution in [1.29, 1.82) is 0 Å². The fourth-order valence-corrected chi connectivity index (χ4v) is 3.46. The van der Waals surface area contributed by atoms with Crippen molar-refractivity contribution in [3.05, 3.63) is 23.5 Å². The van der Waals surface area contributed by atoms with Gasteiger partial charge in [0.25, 0.3) is 0 Å². The summed E-state index contributed by atoms with van der Waals surface area (Å²) in [6.07, 6.45) is 4.67. The highest BCUT2D eigenvalue weighted by molar-refractivity contribution is 5.97. The molecule has 1 saturated carbocycles. The maximum Gasteiger partial charge on any atom is 0.307 e. The molecule has 0 spiro atoms. The molecule has 1 heterocycles. The third-order valence-electron chi connectivity index (χ3n) is 4.42. The number of aliphatic carboxylic acids is 1. The predicted octanol–water partition coefficient (Wildman–Crippen LogP) is 1.49. The van der Waals surface area contributed by atoms with Gasteiger partial charge in [-0.25, -0.2) is 0 Å². The topological polar surface area (TPSA) is 95.1 Å². The molecule has 1 aromatic heterocycles. The molecule has 1 amide bonds. The van der Waals surface area contributed by atoms with E-state index in [1.165, 1.54) is 0 Å². The van der Waals surface area contributed by atoms with Gasteiger partial charge >= 0.3 is 5.97 Å². The van der Waals surface area contributed by atoms with E-state index < -0.39 is 17.8 Å². The lowest BCUT2D eigenvalue weighted by atomic mass is 9.82. The monoisotopic (exact) mass is 275 g/mol. The molecule has 4 atom stereocenters. The summed E-state index contributed by atoms with van der Waals surface area (Å²) in [4.78, 5) is 23.9. The Morgan fingerprint density at radius 1 is 1.30 bits per heavy atom. The number of allylic oxidation sites excluding steroid dienone is 2. The van der Waals surface area contributed by atoms with Crippen LogP contribution in [0.1, 0.15) is 17.8 Å². The minimum absolute atomic E-state index is 0.0141. The lowest BCUT2D eigenvalue weighted by molar-refractivity contribution is -0.146. The van der Waals surface area contributed by atoms with E-state index in [1.807, 2.05) is 19.1 Å². The molecule has 1 fully saturated rings. The van der Waals surface area contributed by atoms with Crippen LogP contribution in [-0.2, 0) is 9.59 Å². The minimum atomic E-state index is -0.886. The van der Waals surface area contributed by atoms with Gasteiger partial charge in [0.1, 0.15) is 0 Å². The molecule has 0 radical (unpaired) electrons. The smallest absolute Gasteiger partial charge is 0.307 e. The number of nitrogens with zero attached hydrogens (tertiary/aromatic N) is 1. The number of anilines is 1. The van der Waals surface area contributed by atoms with E-state index in [4.69, 9.17) is 0 Å². The number of aromatic nitrogens is 2. The molecule has 0 aromatic carbocycles. The number of aromatic amines is 1. The Morgan fingerprint density at radius 2 is 1.95 bits per heavy atom. The first kappa shape index (κ1) is 12.9. The van der Waals surface area contributed by atoms with Gasteiger partial charge in [-0.1, -0.05) is 12.2 Å². The third kappa shape index (κ3) is 1.83. The molecule has 0 aliphatic heterocycles. The zero-order chi connectivity index (χ0) is 14.4. The second-order valence-corrected chi connectivity index (χ2v) is 5.64. The quantitative estimate of drug-likeness (QED) is 0.728. The summed E-state index contributed by atoms with van der Waals surface area (Å²) in [6.45, 7) is 3.62. The highest BCUT2D eigenvalue weighted by atomic mass is 16.4. The Kier molecular flexibility index (Phi) is 2.88. The average Bonchev–Trinajstić information content (AvgIpc) is 3.07. The normalized spacial score (nSPS) is 30.7. The van der Waals surface area contributed by atoms with Gasteiger partial charge in [0.2, 0.25) is 5.91 Å².